The van der Waals surface area contributed by atoms with Crippen LogP contribution in [0.15, 0.2) is 31.2 Å². The maximum atomic E-state index is 13.1. The minimum atomic E-state index is -0.356. The van der Waals surface area contributed by atoms with E-state index in [9.17, 15) is 9.59 Å². The van der Waals surface area contributed by atoms with Crippen molar-refractivity contribution in [1.29, 1.82) is 0 Å². The molecule has 5 rings (SSSR count). The van der Waals surface area contributed by atoms with Crippen LogP contribution in [0, 0.1) is 0 Å². The summed E-state index contributed by atoms with van der Waals surface area (Å²) in [4.78, 5) is 35.1. The van der Waals surface area contributed by atoms with E-state index < -0.39 is 0 Å². The number of aliphatic imine (C=N–C) groups is 1. The minimum Gasteiger partial charge on any atom is -0.493 e. The summed E-state index contributed by atoms with van der Waals surface area (Å²) in [6, 6.07) is 3.93. The smallest absolute Gasteiger partial charge is 0.332 e. The number of aryl methyl sites for hydroxylation is 1. The molecule has 2 aromatic heterocycles. The van der Waals surface area contributed by atoms with Crippen LogP contribution in [0.1, 0.15) is 66.9 Å². The molecule has 10 nitrogen and oxygen atoms in total. The molecule has 1 aliphatic carbocycles. The summed E-state index contributed by atoms with van der Waals surface area (Å²) in [7, 11) is 3.27. The second kappa shape index (κ2) is 10.5. The quantitative estimate of drug-likeness (QED) is 0.394. The molecule has 3 heterocycles. The molecule has 37 heavy (non-hydrogen) atoms. The van der Waals surface area contributed by atoms with E-state index in [2.05, 4.69) is 15.1 Å². The molecule has 1 atom stereocenters. The number of aromatic nitrogens is 4. The lowest BCUT2D eigenvalue weighted by Gasteiger charge is -2.13. The van der Waals surface area contributed by atoms with Crippen molar-refractivity contribution in [3.05, 3.63) is 61.4 Å². The van der Waals surface area contributed by atoms with Crippen LogP contribution in [0.25, 0.3) is 0 Å². The van der Waals surface area contributed by atoms with Crippen molar-refractivity contribution in [3.63, 3.8) is 0 Å². The van der Waals surface area contributed by atoms with Crippen molar-refractivity contribution in [2.24, 2.45) is 4.99 Å². The zero-order valence-electron chi connectivity index (χ0n) is 21.3. The lowest BCUT2D eigenvalue weighted by atomic mass is 10.00. The highest BCUT2D eigenvalue weighted by atomic mass is 35.5. The van der Waals surface area contributed by atoms with Crippen LogP contribution >= 0.6 is 11.6 Å². The van der Waals surface area contributed by atoms with Gasteiger partial charge in [-0.2, -0.15) is 4.98 Å². The first-order chi connectivity index (χ1) is 18.0. The number of unbranched alkanes of at least 4 members (excludes halogenated alkanes) is 1. The van der Waals surface area contributed by atoms with E-state index in [0.29, 0.717) is 53.4 Å². The highest BCUT2D eigenvalue weighted by Gasteiger charge is 2.31. The molecule has 3 aromatic rings. The van der Waals surface area contributed by atoms with Gasteiger partial charge >= 0.3 is 5.69 Å². The highest BCUT2D eigenvalue weighted by molar-refractivity contribution is 6.66. The molecule has 0 saturated carbocycles. The van der Waals surface area contributed by atoms with Gasteiger partial charge in [0.1, 0.15) is 11.0 Å². The van der Waals surface area contributed by atoms with E-state index in [-0.39, 0.29) is 30.1 Å². The molecule has 196 valence electrons. The average molecular weight is 528 g/mol. The molecule has 1 aliphatic heterocycles. The van der Waals surface area contributed by atoms with E-state index >= 15 is 0 Å². The monoisotopic (exact) mass is 527 g/mol. The van der Waals surface area contributed by atoms with Crippen molar-refractivity contribution in [3.8, 4) is 11.5 Å². The van der Waals surface area contributed by atoms with Gasteiger partial charge in [-0.05, 0) is 37.3 Å². The molecule has 0 radical (unpaired) electrons. The van der Waals surface area contributed by atoms with Gasteiger partial charge in [0.2, 0.25) is 5.89 Å². The molecule has 1 aromatic carbocycles. The van der Waals surface area contributed by atoms with Crippen LogP contribution in [-0.4, -0.2) is 38.7 Å². The fourth-order valence-electron chi connectivity index (χ4n) is 5.24. The fraction of sp³-hybridized carbons (Fsp3) is 0.500. The Labute approximate surface area is 218 Å². The summed E-state index contributed by atoms with van der Waals surface area (Å²) in [6.45, 7) is 2.79. The Morgan fingerprint density at radius 3 is 2.68 bits per heavy atom. The first kappa shape index (κ1) is 25.3. The average Bonchev–Trinajstić information content (AvgIpc) is 3.63. The Morgan fingerprint density at radius 1 is 1.11 bits per heavy atom. The van der Waals surface area contributed by atoms with Crippen LogP contribution in [0.4, 0.5) is 5.82 Å². The van der Waals surface area contributed by atoms with E-state index in [1.807, 2.05) is 19.1 Å². The number of hydrogen-bond donors (Lipinski definition) is 0. The maximum absolute atomic E-state index is 13.1. The Hall–Kier alpha value is -3.40. The van der Waals surface area contributed by atoms with Gasteiger partial charge in [0.15, 0.2) is 17.3 Å². The van der Waals surface area contributed by atoms with Crippen LogP contribution < -0.4 is 20.7 Å². The lowest BCUT2D eigenvalue weighted by molar-refractivity contribution is 0.352. The second-order valence-corrected chi connectivity index (χ2v) is 9.76. The zero-order valence-corrected chi connectivity index (χ0v) is 22.0. The SMILES string of the molecule is CCCCn1c2c(c(=O)n(CCCc3nc(C4CCc5c4ccc(OC)c5OC)no3)c1=O)CC(Cl)=N2. The van der Waals surface area contributed by atoms with E-state index in [0.717, 1.165) is 42.6 Å². The van der Waals surface area contributed by atoms with Crippen molar-refractivity contribution in [2.75, 3.05) is 14.2 Å². The molecular weight excluding hydrogens is 498 g/mol. The maximum Gasteiger partial charge on any atom is 0.332 e. The van der Waals surface area contributed by atoms with Gasteiger partial charge in [0.25, 0.3) is 5.56 Å². The largest absolute Gasteiger partial charge is 0.493 e. The molecular formula is C26H30ClN5O5. The predicted molar refractivity (Wildman–Crippen MR) is 139 cm³/mol. The first-order valence-electron chi connectivity index (χ1n) is 12.6. The third-order valence-electron chi connectivity index (χ3n) is 7.09. The Kier molecular flexibility index (Phi) is 7.19. The highest BCUT2D eigenvalue weighted by Crippen LogP contribution is 2.45. The second-order valence-electron chi connectivity index (χ2n) is 9.32. The lowest BCUT2D eigenvalue weighted by Crippen LogP contribution is -2.41. The summed E-state index contributed by atoms with van der Waals surface area (Å²) in [5.74, 6) is 2.99. The molecule has 0 bridgehead atoms. The summed E-state index contributed by atoms with van der Waals surface area (Å²) >= 11 is 6.11. The normalized spacial score (nSPS) is 16.0. The number of nitrogens with zero attached hydrogens (tertiary/aromatic N) is 5. The Bertz CT molecular complexity index is 1470. The van der Waals surface area contributed by atoms with Crippen LogP contribution in [0.2, 0.25) is 0 Å². The van der Waals surface area contributed by atoms with Crippen LogP contribution in [-0.2, 0) is 32.4 Å². The van der Waals surface area contributed by atoms with Gasteiger partial charge in [0, 0.05) is 37.4 Å². The molecule has 11 heteroatoms. The molecule has 2 aliphatic rings. The van der Waals surface area contributed by atoms with Gasteiger partial charge in [-0.1, -0.05) is 36.2 Å². The van der Waals surface area contributed by atoms with Crippen molar-refractivity contribution in [2.45, 2.75) is 70.9 Å². The number of fused-ring (bicyclic) bond motifs is 2. The van der Waals surface area contributed by atoms with E-state index in [1.54, 1.807) is 18.8 Å². The molecule has 0 saturated heterocycles. The Balaban J connectivity index is 1.31. The third-order valence-corrected chi connectivity index (χ3v) is 7.30. The third kappa shape index (κ3) is 4.58. The standard InChI is InChI=1S/C26H30ClN5O5/c1-4-5-12-31-24-18(14-20(27)28-24)25(33)32(26(31)34)13-6-7-21-29-23(30-37-21)17-9-8-16-15(17)10-11-19(35-2)22(16)36-3/h10-11,17H,4-9,12-14H2,1-3H3. The topological polar surface area (TPSA) is 114 Å². The van der Waals surface area contributed by atoms with Crippen LogP contribution in [0.5, 0.6) is 11.5 Å². The number of hydrogen-bond acceptors (Lipinski definition) is 8. The molecule has 0 N–H and O–H groups in total. The van der Waals surface area contributed by atoms with Crippen molar-refractivity contribution >= 4 is 22.6 Å². The van der Waals surface area contributed by atoms with Crippen molar-refractivity contribution in [1.82, 2.24) is 19.3 Å². The summed E-state index contributed by atoms with van der Waals surface area (Å²) in [5.41, 5.74) is 2.02. The van der Waals surface area contributed by atoms with Crippen molar-refractivity contribution < 1.29 is 14.0 Å². The molecule has 0 spiro atoms. The summed E-state index contributed by atoms with van der Waals surface area (Å²) in [6.07, 6.45) is 4.63. The molecule has 0 fully saturated rings. The minimum absolute atomic E-state index is 0.0159. The summed E-state index contributed by atoms with van der Waals surface area (Å²) < 4.78 is 19.4. The number of rotatable bonds is 10. The van der Waals surface area contributed by atoms with Gasteiger partial charge in [-0.3, -0.25) is 13.9 Å². The van der Waals surface area contributed by atoms with Gasteiger partial charge in [-0.15, -0.1) is 0 Å². The number of benzene rings is 1. The van der Waals surface area contributed by atoms with Gasteiger partial charge in [0.05, 0.1) is 19.8 Å². The summed E-state index contributed by atoms with van der Waals surface area (Å²) in [5, 5.41) is 4.57. The molecule has 0 amide bonds. The number of ether oxygens (including phenoxy) is 2. The van der Waals surface area contributed by atoms with Gasteiger partial charge in [-0.25, -0.2) is 9.79 Å². The predicted octanol–water partition coefficient (Wildman–Crippen LogP) is 3.75. The van der Waals surface area contributed by atoms with E-state index in [4.69, 9.17) is 25.6 Å². The Morgan fingerprint density at radius 2 is 1.92 bits per heavy atom. The molecule has 1 unspecified atom stereocenters. The first-order valence-corrected chi connectivity index (χ1v) is 13.0. The van der Waals surface area contributed by atoms with Crippen LogP contribution in [0.3, 0.4) is 0 Å². The number of halogens is 1. The number of methoxy groups -OCH3 is 2. The van der Waals surface area contributed by atoms with Gasteiger partial charge < -0.3 is 14.0 Å². The zero-order chi connectivity index (χ0) is 26.1. The fourth-order valence-corrected chi connectivity index (χ4v) is 5.46. The van der Waals surface area contributed by atoms with E-state index in [1.165, 1.54) is 4.57 Å².